The van der Waals surface area contributed by atoms with Crippen LogP contribution in [0.5, 0.6) is 0 Å². The van der Waals surface area contributed by atoms with Crippen LogP contribution in [0.25, 0.3) is 0 Å². The van der Waals surface area contributed by atoms with Crippen LogP contribution in [0, 0.1) is 0 Å². The fourth-order valence-electron chi connectivity index (χ4n) is 1.11. The fourth-order valence-corrected chi connectivity index (χ4v) is 1.11. The average molecular weight is 205 g/mol. The van der Waals surface area contributed by atoms with E-state index in [1.807, 2.05) is 24.3 Å². The zero-order valence-corrected chi connectivity index (χ0v) is 8.82. The Hall–Kier alpha value is -1.77. The van der Waals surface area contributed by atoms with Gasteiger partial charge in [0, 0.05) is 5.69 Å². The Morgan fingerprint density at radius 3 is 2.67 bits per heavy atom. The second-order valence-electron chi connectivity index (χ2n) is 3.06. The molecular weight excluding hydrogens is 190 g/mol. The Morgan fingerprint density at radius 1 is 1.47 bits per heavy atom. The molecule has 0 aliphatic heterocycles. The lowest BCUT2D eigenvalue weighted by atomic mass is 10.1. The van der Waals surface area contributed by atoms with Crippen LogP contribution >= 0.6 is 0 Å². The largest absolute Gasteiger partial charge is 0.445 e. The van der Waals surface area contributed by atoms with Crippen LogP contribution in [0.4, 0.5) is 10.5 Å². The van der Waals surface area contributed by atoms with E-state index in [4.69, 9.17) is 4.74 Å². The molecule has 1 aromatic rings. The van der Waals surface area contributed by atoms with Gasteiger partial charge in [-0.15, -0.1) is 0 Å². The number of aryl methyl sites for hydroxylation is 1. The molecule has 80 valence electrons. The predicted octanol–water partition coefficient (Wildman–Crippen LogP) is 2.98. The minimum atomic E-state index is -0.459. The van der Waals surface area contributed by atoms with Gasteiger partial charge in [-0.25, -0.2) is 4.79 Å². The lowest BCUT2D eigenvalue weighted by Crippen LogP contribution is -2.13. The van der Waals surface area contributed by atoms with Gasteiger partial charge in [0.15, 0.2) is 0 Å². The molecule has 3 nitrogen and oxygen atoms in total. The lowest BCUT2D eigenvalue weighted by molar-refractivity contribution is 0.174. The van der Waals surface area contributed by atoms with Crippen LogP contribution in [0.15, 0.2) is 36.9 Å². The van der Waals surface area contributed by atoms with Crippen molar-refractivity contribution in [3.05, 3.63) is 42.5 Å². The van der Waals surface area contributed by atoms with Gasteiger partial charge in [0.25, 0.3) is 0 Å². The van der Waals surface area contributed by atoms with Crippen molar-refractivity contribution in [3.8, 4) is 0 Å². The van der Waals surface area contributed by atoms with E-state index >= 15 is 0 Å². The summed E-state index contributed by atoms with van der Waals surface area (Å²) in [5, 5.41) is 2.62. The number of nitrogens with one attached hydrogen (secondary N) is 1. The molecular formula is C12H15NO2. The average Bonchev–Trinajstić information content (AvgIpc) is 2.27. The first-order valence-electron chi connectivity index (χ1n) is 4.90. The van der Waals surface area contributed by atoms with E-state index in [1.54, 1.807) is 0 Å². The van der Waals surface area contributed by atoms with Crippen molar-refractivity contribution < 1.29 is 9.53 Å². The van der Waals surface area contributed by atoms with Crippen molar-refractivity contribution in [3.63, 3.8) is 0 Å². The maximum absolute atomic E-state index is 11.1. The number of anilines is 1. The Kier molecular flexibility index (Phi) is 4.41. The number of hydrogen-bond acceptors (Lipinski definition) is 2. The highest BCUT2D eigenvalue weighted by atomic mass is 16.5. The molecule has 0 radical (unpaired) electrons. The Bertz CT molecular complexity index is 330. The van der Waals surface area contributed by atoms with Crippen LogP contribution in [-0.4, -0.2) is 12.7 Å². The van der Waals surface area contributed by atoms with Gasteiger partial charge < -0.3 is 4.74 Å². The Labute approximate surface area is 89.8 Å². The Balaban J connectivity index is 2.49. The van der Waals surface area contributed by atoms with Crippen LogP contribution in [0.1, 0.15) is 12.5 Å². The van der Waals surface area contributed by atoms with E-state index in [1.165, 1.54) is 11.6 Å². The number of amides is 1. The zero-order chi connectivity index (χ0) is 11.1. The summed E-state index contributed by atoms with van der Waals surface area (Å²) in [6.07, 6.45) is 2.06. The third kappa shape index (κ3) is 3.85. The minimum Gasteiger partial charge on any atom is -0.445 e. The van der Waals surface area contributed by atoms with E-state index in [-0.39, 0.29) is 6.61 Å². The quantitative estimate of drug-likeness (QED) is 0.767. The van der Waals surface area contributed by atoms with Gasteiger partial charge in [-0.2, -0.15) is 0 Å². The first kappa shape index (κ1) is 11.3. The molecule has 3 heteroatoms. The van der Waals surface area contributed by atoms with Crippen molar-refractivity contribution in [2.45, 2.75) is 13.3 Å². The smallest absolute Gasteiger partial charge is 0.411 e. The second kappa shape index (κ2) is 5.86. The SMILES string of the molecule is C=CCOC(=O)Nc1ccc(CC)cc1. The topological polar surface area (TPSA) is 38.3 Å². The van der Waals surface area contributed by atoms with E-state index < -0.39 is 6.09 Å². The standard InChI is InChI=1S/C12H15NO2/c1-3-9-15-12(14)13-11-7-5-10(4-2)6-8-11/h3,5-8H,1,4,9H2,2H3,(H,13,14). The number of ether oxygens (including phenoxy) is 1. The number of carbonyl (C=O) groups excluding carboxylic acids is 1. The third-order valence-electron chi connectivity index (χ3n) is 1.94. The van der Waals surface area contributed by atoms with Crippen molar-refractivity contribution in [1.82, 2.24) is 0 Å². The minimum absolute atomic E-state index is 0.221. The Morgan fingerprint density at radius 2 is 2.13 bits per heavy atom. The van der Waals surface area contributed by atoms with Gasteiger partial charge in [-0.05, 0) is 24.1 Å². The lowest BCUT2D eigenvalue weighted by Gasteiger charge is -2.05. The summed E-state index contributed by atoms with van der Waals surface area (Å²) < 4.78 is 4.78. The number of benzene rings is 1. The number of rotatable bonds is 4. The van der Waals surface area contributed by atoms with E-state index in [2.05, 4.69) is 18.8 Å². The highest BCUT2D eigenvalue weighted by Crippen LogP contribution is 2.09. The van der Waals surface area contributed by atoms with Gasteiger partial charge in [-0.3, -0.25) is 5.32 Å². The van der Waals surface area contributed by atoms with Crippen molar-refractivity contribution in [1.29, 1.82) is 0 Å². The molecule has 0 bridgehead atoms. The molecule has 0 unspecified atom stereocenters. The molecule has 1 N–H and O–H groups in total. The van der Waals surface area contributed by atoms with Gasteiger partial charge in [0.1, 0.15) is 6.61 Å². The monoisotopic (exact) mass is 205 g/mol. The molecule has 0 aliphatic rings. The molecule has 0 saturated heterocycles. The number of carbonyl (C=O) groups is 1. The van der Waals surface area contributed by atoms with Crippen LogP contribution in [-0.2, 0) is 11.2 Å². The number of hydrogen-bond donors (Lipinski definition) is 1. The predicted molar refractivity (Wildman–Crippen MR) is 61.0 cm³/mol. The van der Waals surface area contributed by atoms with E-state index in [9.17, 15) is 4.79 Å². The molecule has 0 fully saturated rings. The van der Waals surface area contributed by atoms with Crippen molar-refractivity contribution in [2.24, 2.45) is 0 Å². The summed E-state index contributed by atoms with van der Waals surface area (Å²) in [5.74, 6) is 0. The van der Waals surface area contributed by atoms with Crippen LogP contribution < -0.4 is 5.32 Å². The highest BCUT2D eigenvalue weighted by Gasteiger charge is 2.00. The first-order valence-corrected chi connectivity index (χ1v) is 4.90. The molecule has 0 saturated carbocycles. The molecule has 0 spiro atoms. The molecule has 0 aliphatic carbocycles. The second-order valence-corrected chi connectivity index (χ2v) is 3.06. The normalized spacial score (nSPS) is 9.40. The third-order valence-corrected chi connectivity index (χ3v) is 1.94. The molecule has 0 aromatic heterocycles. The summed E-state index contributed by atoms with van der Waals surface area (Å²) >= 11 is 0. The van der Waals surface area contributed by atoms with E-state index in [0.29, 0.717) is 0 Å². The van der Waals surface area contributed by atoms with Gasteiger partial charge in [0.05, 0.1) is 0 Å². The molecule has 15 heavy (non-hydrogen) atoms. The summed E-state index contributed by atoms with van der Waals surface area (Å²) in [5.41, 5.74) is 1.97. The van der Waals surface area contributed by atoms with E-state index in [0.717, 1.165) is 12.1 Å². The molecule has 1 aromatic carbocycles. The molecule has 1 amide bonds. The van der Waals surface area contributed by atoms with Crippen molar-refractivity contribution in [2.75, 3.05) is 11.9 Å². The maximum Gasteiger partial charge on any atom is 0.411 e. The fraction of sp³-hybridized carbons (Fsp3) is 0.250. The summed E-state index contributed by atoms with van der Waals surface area (Å²) in [7, 11) is 0. The molecule has 1 rings (SSSR count). The summed E-state index contributed by atoms with van der Waals surface area (Å²) in [6.45, 7) is 5.76. The van der Waals surface area contributed by atoms with Crippen molar-refractivity contribution >= 4 is 11.8 Å². The molecule has 0 heterocycles. The van der Waals surface area contributed by atoms with Gasteiger partial charge in [0.2, 0.25) is 0 Å². The van der Waals surface area contributed by atoms with Crippen LogP contribution in [0.2, 0.25) is 0 Å². The van der Waals surface area contributed by atoms with Crippen LogP contribution in [0.3, 0.4) is 0 Å². The highest BCUT2D eigenvalue weighted by molar-refractivity contribution is 5.84. The summed E-state index contributed by atoms with van der Waals surface area (Å²) in [6, 6.07) is 7.66. The zero-order valence-electron chi connectivity index (χ0n) is 8.82. The van der Waals surface area contributed by atoms with Gasteiger partial charge >= 0.3 is 6.09 Å². The first-order chi connectivity index (χ1) is 7.26. The maximum atomic E-state index is 11.1. The summed E-state index contributed by atoms with van der Waals surface area (Å²) in [4.78, 5) is 11.1. The van der Waals surface area contributed by atoms with Gasteiger partial charge in [-0.1, -0.05) is 31.7 Å². The molecule has 0 atom stereocenters.